The van der Waals surface area contributed by atoms with Crippen LogP contribution < -0.4 is 4.72 Å². The second kappa shape index (κ2) is 6.18. The van der Waals surface area contributed by atoms with Crippen LogP contribution in [-0.4, -0.2) is 13.4 Å². The Hall–Kier alpha value is -1.79. The number of nitrogens with one attached hydrogen (secondary N) is 2. The van der Waals surface area contributed by atoms with Crippen LogP contribution in [0.3, 0.4) is 0 Å². The van der Waals surface area contributed by atoms with E-state index in [9.17, 15) is 8.42 Å². The van der Waals surface area contributed by atoms with E-state index in [2.05, 4.69) is 25.6 Å². The minimum Gasteiger partial charge on any atom is -0.358 e. The van der Waals surface area contributed by atoms with Gasteiger partial charge in [0.2, 0.25) is 0 Å². The van der Waals surface area contributed by atoms with Crippen LogP contribution in [0, 0.1) is 6.92 Å². The number of hydrogen-bond acceptors (Lipinski definition) is 2. The Labute approximate surface area is 155 Å². The number of benzene rings is 2. The molecule has 0 aliphatic heterocycles. The molecule has 0 fully saturated rings. The molecular formula is C19H19BrN2O2S. The summed E-state index contributed by atoms with van der Waals surface area (Å²) in [6, 6.07) is 10.7. The van der Waals surface area contributed by atoms with Gasteiger partial charge in [0.25, 0.3) is 10.0 Å². The molecule has 1 aliphatic carbocycles. The number of anilines is 1. The molecule has 2 N–H and O–H groups in total. The average Bonchev–Trinajstić information content (AvgIpc) is 2.96. The number of H-pyrrole nitrogens is 1. The lowest BCUT2D eigenvalue weighted by Crippen LogP contribution is -2.13. The Bertz CT molecular complexity index is 1070. The van der Waals surface area contributed by atoms with E-state index in [4.69, 9.17) is 0 Å². The molecule has 1 aliphatic rings. The summed E-state index contributed by atoms with van der Waals surface area (Å²) < 4.78 is 29.2. The number of halogens is 1. The Balaban J connectivity index is 1.73. The van der Waals surface area contributed by atoms with Gasteiger partial charge in [0, 0.05) is 26.8 Å². The third-order valence-electron chi connectivity index (χ3n) is 4.79. The molecule has 6 heteroatoms. The van der Waals surface area contributed by atoms with Gasteiger partial charge in [0.1, 0.15) is 0 Å². The predicted molar refractivity (Wildman–Crippen MR) is 105 cm³/mol. The first-order chi connectivity index (χ1) is 11.9. The lowest BCUT2D eigenvalue weighted by molar-refractivity contribution is 0.601. The van der Waals surface area contributed by atoms with Gasteiger partial charge in [-0.15, -0.1) is 0 Å². The summed E-state index contributed by atoms with van der Waals surface area (Å²) in [5.41, 5.74) is 5.10. The van der Waals surface area contributed by atoms with Crippen molar-refractivity contribution >= 4 is 42.5 Å². The normalized spacial score (nSPS) is 14.5. The number of sulfonamides is 1. The fourth-order valence-corrected chi connectivity index (χ4v) is 4.80. The Morgan fingerprint density at radius 3 is 2.68 bits per heavy atom. The molecule has 0 saturated carbocycles. The highest BCUT2D eigenvalue weighted by atomic mass is 79.9. The van der Waals surface area contributed by atoms with Crippen molar-refractivity contribution in [3.05, 3.63) is 57.7 Å². The van der Waals surface area contributed by atoms with Crippen LogP contribution in [0.4, 0.5) is 5.69 Å². The zero-order valence-electron chi connectivity index (χ0n) is 13.9. The molecule has 0 spiro atoms. The summed E-state index contributed by atoms with van der Waals surface area (Å²) in [6.07, 6.45) is 4.41. The van der Waals surface area contributed by atoms with Crippen molar-refractivity contribution in [1.82, 2.24) is 4.98 Å². The first-order valence-electron chi connectivity index (χ1n) is 8.36. The SMILES string of the molecule is Cc1cc(NS(=O)(=O)c2ccc3[nH]c4c(c3c2)CCCC4)ccc1Br. The zero-order valence-corrected chi connectivity index (χ0v) is 16.3. The van der Waals surface area contributed by atoms with Gasteiger partial charge in [-0.1, -0.05) is 15.9 Å². The van der Waals surface area contributed by atoms with Gasteiger partial charge in [-0.3, -0.25) is 4.72 Å². The highest BCUT2D eigenvalue weighted by molar-refractivity contribution is 9.10. The van der Waals surface area contributed by atoms with Crippen LogP contribution in [0.25, 0.3) is 10.9 Å². The lowest BCUT2D eigenvalue weighted by Gasteiger charge is -2.11. The number of aromatic amines is 1. The smallest absolute Gasteiger partial charge is 0.261 e. The standard InChI is InChI=1S/C19H19BrN2O2S/c1-12-10-13(6-8-17(12)20)22-25(23,24)14-7-9-19-16(11-14)15-4-2-3-5-18(15)21-19/h6-11,21-22H,2-5H2,1H3. The third-order valence-corrected chi connectivity index (χ3v) is 7.06. The van der Waals surface area contributed by atoms with Gasteiger partial charge in [-0.05, 0) is 80.1 Å². The Morgan fingerprint density at radius 1 is 1.08 bits per heavy atom. The monoisotopic (exact) mass is 418 g/mol. The minimum atomic E-state index is -3.62. The summed E-state index contributed by atoms with van der Waals surface area (Å²) in [7, 11) is -3.62. The van der Waals surface area contributed by atoms with E-state index in [1.807, 2.05) is 25.1 Å². The van der Waals surface area contributed by atoms with Crippen molar-refractivity contribution in [2.45, 2.75) is 37.5 Å². The van der Waals surface area contributed by atoms with Crippen LogP contribution >= 0.6 is 15.9 Å². The van der Waals surface area contributed by atoms with Crippen molar-refractivity contribution in [2.24, 2.45) is 0 Å². The van der Waals surface area contributed by atoms with Gasteiger partial charge in [0.05, 0.1) is 4.90 Å². The maximum absolute atomic E-state index is 12.8. The van der Waals surface area contributed by atoms with E-state index in [-0.39, 0.29) is 0 Å². The fraction of sp³-hybridized carbons (Fsp3) is 0.263. The Kier molecular flexibility index (Phi) is 4.12. The maximum Gasteiger partial charge on any atom is 0.261 e. The molecule has 0 amide bonds. The fourth-order valence-electron chi connectivity index (χ4n) is 3.47. The molecule has 0 saturated heterocycles. The second-order valence-electron chi connectivity index (χ2n) is 6.57. The third kappa shape index (κ3) is 3.09. The predicted octanol–water partition coefficient (Wildman–Crippen LogP) is 4.92. The summed E-state index contributed by atoms with van der Waals surface area (Å²) in [5.74, 6) is 0. The number of fused-ring (bicyclic) bond motifs is 3. The molecule has 0 radical (unpaired) electrons. The summed E-state index contributed by atoms with van der Waals surface area (Å²) in [6.45, 7) is 1.93. The highest BCUT2D eigenvalue weighted by Gasteiger charge is 2.19. The molecule has 0 unspecified atom stereocenters. The van der Waals surface area contributed by atoms with E-state index in [1.54, 1.807) is 18.2 Å². The lowest BCUT2D eigenvalue weighted by atomic mass is 9.96. The van der Waals surface area contributed by atoms with Gasteiger partial charge < -0.3 is 4.98 Å². The van der Waals surface area contributed by atoms with Crippen molar-refractivity contribution in [3.63, 3.8) is 0 Å². The number of rotatable bonds is 3. The van der Waals surface area contributed by atoms with Crippen molar-refractivity contribution < 1.29 is 8.42 Å². The van der Waals surface area contributed by atoms with E-state index < -0.39 is 10.0 Å². The average molecular weight is 419 g/mol. The van der Waals surface area contributed by atoms with Gasteiger partial charge >= 0.3 is 0 Å². The molecule has 25 heavy (non-hydrogen) atoms. The number of aryl methyl sites for hydroxylation is 3. The van der Waals surface area contributed by atoms with E-state index in [1.165, 1.54) is 17.7 Å². The van der Waals surface area contributed by atoms with E-state index in [0.29, 0.717) is 10.6 Å². The van der Waals surface area contributed by atoms with Gasteiger partial charge in [-0.2, -0.15) is 0 Å². The minimum absolute atomic E-state index is 0.299. The van der Waals surface area contributed by atoms with Crippen molar-refractivity contribution in [1.29, 1.82) is 0 Å². The van der Waals surface area contributed by atoms with Crippen LogP contribution in [0.15, 0.2) is 45.8 Å². The number of aromatic nitrogens is 1. The summed E-state index contributed by atoms with van der Waals surface area (Å²) in [5, 5.41) is 1.03. The van der Waals surface area contributed by atoms with E-state index >= 15 is 0 Å². The zero-order chi connectivity index (χ0) is 17.6. The molecule has 2 aromatic carbocycles. The molecule has 0 atom stereocenters. The van der Waals surface area contributed by atoms with Gasteiger partial charge in [0.15, 0.2) is 0 Å². The number of hydrogen-bond donors (Lipinski definition) is 2. The molecule has 0 bridgehead atoms. The quantitative estimate of drug-likeness (QED) is 0.633. The van der Waals surface area contributed by atoms with Crippen LogP contribution in [0.2, 0.25) is 0 Å². The second-order valence-corrected chi connectivity index (χ2v) is 9.10. The highest BCUT2D eigenvalue weighted by Crippen LogP contribution is 2.31. The molecule has 4 rings (SSSR count). The molecule has 3 aromatic rings. The van der Waals surface area contributed by atoms with Crippen LogP contribution in [0.1, 0.15) is 29.7 Å². The van der Waals surface area contributed by atoms with Crippen LogP contribution in [0.5, 0.6) is 0 Å². The largest absolute Gasteiger partial charge is 0.358 e. The topological polar surface area (TPSA) is 62.0 Å². The molecule has 1 heterocycles. The van der Waals surface area contributed by atoms with E-state index in [0.717, 1.165) is 40.2 Å². The molecule has 4 nitrogen and oxygen atoms in total. The first-order valence-corrected chi connectivity index (χ1v) is 10.6. The maximum atomic E-state index is 12.8. The summed E-state index contributed by atoms with van der Waals surface area (Å²) >= 11 is 3.43. The van der Waals surface area contributed by atoms with Crippen molar-refractivity contribution in [3.8, 4) is 0 Å². The molecule has 1 aromatic heterocycles. The molecular weight excluding hydrogens is 400 g/mol. The first kappa shape index (κ1) is 16.7. The Morgan fingerprint density at radius 2 is 1.88 bits per heavy atom. The van der Waals surface area contributed by atoms with Crippen LogP contribution in [-0.2, 0) is 22.9 Å². The van der Waals surface area contributed by atoms with Gasteiger partial charge in [-0.25, -0.2) is 8.42 Å². The van der Waals surface area contributed by atoms with Crippen molar-refractivity contribution in [2.75, 3.05) is 4.72 Å². The summed E-state index contributed by atoms with van der Waals surface area (Å²) in [4.78, 5) is 3.74. The molecule has 130 valence electrons.